The van der Waals surface area contributed by atoms with Crippen molar-refractivity contribution in [2.45, 2.75) is 19.4 Å². The first-order valence-corrected chi connectivity index (χ1v) is 7.72. The number of aromatic nitrogens is 1. The predicted octanol–water partition coefficient (Wildman–Crippen LogP) is 1.95. The van der Waals surface area contributed by atoms with Crippen molar-refractivity contribution < 1.29 is 9.21 Å². The van der Waals surface area contributed by atoms with Crippen molar-refractivity contribution in [2.24, 2.45) is 0 Å². The molecular formula is C17H21N3O2. The van der Waals surface area contributed by atoms with Gasteiger partial charge in [-0.3, -0.25) is 9.69 Å². The van der Waals surface area contributed by atoms with Crippen molar-refractivity contribution in [3.63, 3.8) is 0 Å². The molecule has 0 radical (unpaired) electrons. The molecule has 0 unspecified atom stereocenters. The zero-order chi connectivity index (χ0) is 15.2. The Balaban J connectivity index is 1.42. The fourth-order valence-electron chi connectivity index (χ4n) is 2.75. The molecule has 3 rings (SSSR count). The van der Waals surface area contributed by atoms with Gasteiger partial charge in [-0.1, -0.05) is 30.3 Å². The van der Waals surface area contributed by atoms with E-state index in [1.807, 2.05) is 11.0 Å². The molecule has 0 bridgehead atoms. The van der Waals surface area contributed by atoms with E-state index in [9.17, 15) is 4.79 Å². The van der Waals surface area contributed by atoms with Crippen LogP contribution in [0.3, 0.4) is 0 Å². The SMILES string of the molecule is O=C(CCc1cocn1)N1CCN(Cc2ccccc2)CC1. The summed E-state index contributed by atoms with van der Waals surface area (Å²) in [5.41, 5.74) is 2.17. The number of hydrogen-bond donors (Lipinski definition) is 0. The van der Waals surface area contributed by atoms with E-state index < -0.39 is 0 Å². The average molecular weight is 299 g/mol. The van der Waals surface area contributed by atoms with Gasteiger partial charge < -0.3 is 9.32 Å². The Morgan fingerprint density at radius 1 is 1.14 bits per heavy atom. The highest BCUT2D eigenvalue weighted by molar-refractivity contribution is 5.76. The maximum Gasteiger partial charge on any atom is 0.223 e. The third-order valence-corrected chi connectivity index (χ3v) is 4.05. The van der Waals surface area contributed by atoms with Gasteiger partial charge in [0.2, 0.25) is 5.91 Å². The third-order valence-electron chi connectivity index (χ3n) is 4.05. The largest absolute Gasteiger partial charge is 0.451 e. The van der Waals surface area contributed by atoms with Crippen LogP contribution in [0.5, 0.6) is 0 Å². The highest BCUT2D eigenvalue weighted by Crippen LogP contribution is 2.10. The van der Waals surface area contributed by atoms with Crippen LogP contribution in [0.15, 0.2) is 47.4 Å². The van der Waals surface area contributed by atoms with Gasteiger partial charge in [-0.25, -0.2) is 4.98 Å². The highest BCUT2D eigenvalue weighted by atomic mass is 16.3. The molecule has 1 aromatic carbocycles. The molecule has 0 aliphatic carbocycles. The van der Waals surface area contributed by atoms with Crippen molar-refractivity contribution in [2.75, 3.05) is 26.2 Å². The summed E-state index contributed by atoms with van der Waals surface area (Å²) >= 11 is 0. The van der Waals surface area contributed by atoms with Crippen LogP contribution < -0.4 is 0 Å². The average Bonchev–Trinajstić information content (AvgIpc) is 3.08. The summed E-state index contributed by atoms with van der Waals surface area (Å²) in [4.78, 5) is 20.6. The number of piperazine rings is 1. The van der Waals surface area contributed by atoms with E-state index in [0.29, 0.717) is 12.8 Å². The first-order chi connectivity index (χ1) is 10.8. The fourth-order valence-corrected chi connectivity index (χ4v) is 2.75. The van der Waals surface area contributed by atoms with Crippen LogP contribution in [0.25, 0.3) is 0 Å². The topological polar surface area (TPSA) is 49.6 Å². The first-order valence-electron chi connectivity index (χ1n) is 7.72. The zero-order valence-corrected chi connectivity index (χ0v) is 12.6. The number of nitrogens with zero attached hydrogens (tertiary/aromatic N) is 3. The summed E-state index contributed by atoms with van der Waals surface area (Å²) in [5.74, 6) is 0.211. The smallest absolute Gasteiger partial charge is 0.223 e. The lowest BCUT2D eigenvalue weighted by molar-refractivity contribution is -0.133. The van der Waals surface area contributed by atoms with Gasteiger partial charge in [0.15, 0.2) is 6.39 Å². The molecule has 1 aliphatic rings. The van der Waals surface area contributed by atoms with E-state index in [1.165, 1.54) is 12.0 Å². The number of hydrogen-bond acceptors (Lipinski definition) is 4. The van der Waals surface area contributed by atoms with E-state index in [1.54, 1.807) is 6.26 Å². The van der Waals surface area contributed by atoms with Crippen LogP contribution in [-0.4, -0.2) is 46.9 Å². The summed E-state index contributed by atoms with van der Waals surface area (Å²) in [7, 11) is 0. The number of oxazole rings is 1. The minimum Gasteiger partial charge on any atom is -0.451 e. The quantitative estimate of drug-likeness (QED) is 0.847. The molecule has 1 saturated heterocycles. The lowest BCUT2D eigenvalue weighted by Gasteiger charge is -2.34. The van der Waals surface area contributed by atoms with E-state index in [0.717, 1.165) is 38.4 Å². The van der Waals surface area contributed by atoms with Gasteiger partial charge in [-0.15, -0.1) is 0 Å². The molecule has 2 aromatic rings. The fraction of sp³-hybridized carbons (Fsp3) is 0.412. The number of amides is 1. The van der Waals surface area contributed by atoms with Crippen LogP contribution >= 0.6 is 0 Å². The second-order valence-corrected chi connectivity index (χ2v) is 5.62. The lowest BCUT2D eigenvalue weighted by atomic mass is 10.2. The molecule has 1 aliphatic heterocycles. The number of carbonyl (C=O) groups excluding carboxylic acids is 1. The van der Waals surface area contributed by atoms with E-state index in [4.69, 9.17) is 4.42 Å². The highest BCUT2D eigenvalue weighted by Gasteiger charge is 2.20. The Morgan fingerprint density at radius 3 is 2.59 bits per heavy atom. The minimum absolute atomic E-state index is 0.211. The van der Waals surface area contributed by atoms with Crippen molar-refractivity contribution in [1.82, 2.24) is 14.8 Å². The Bertz CT molecular complexity index is 575. The number of benzene rings is 1. The predicted molar refractivity (Wildman–Crippen MR) is 83.1 cm³/mol. The zero-order valence-electron chi connectivity index (χ0n) is 12.6. The van der Waals surface area contributed by atoms with E-state index >= 15 is 0 Å². The molecule has 5 nitrogen and oxygen atoms in total. The molecule has 1 aromatic heterocycles. The molecule has 0 atom stereocenters. The van der Waals surface area contributed by atoms with E-state index in [-0.39, 0.29) is 5.91 Å². The maximum atomic E-state index is 12.2. The Kier molecular flexibility index (Phi) is 4.85. The third kappa shape index (κ3) is 3.95. The van der Waals surface area contributed by atoms with Gasteiger partial charge in [-0.2, -0.15) is 0 Å². The van der Waals surface area contributed by atoms with Crippen LogP contribution in [0, 0.1) is 0 Å². The van der Waals surface area contributed by atoms with Crippen LogP contribution in [0.2, 0.25) is 0 Å². The van der Waals surface area contributed by atoms with Crippen molar-refractivity contribution >= 4 is 5.91 Å². The summed E-state index contributed by atoms with van der Waals surface area (Å²) in [6.07, 6.45) is 4.16. The van der Waals surface area contributed by atoms with Gasteiger partial charge in [-0.05, 0) is 5.56 Å². The number of aryl methyl sites for hydroxylation is 1. The Labute approximate surface area is 130 Å². The van der Waals surface area contributed by atoms with Gasteiger partial charge >= 0.3 is 0 Å². The van der Waals surface area contributed by atoms with Gasteiger partial charge in [0.05, 0.1) is 5.69 Å². The summed E-state index contributed by atoms with van der Waals surface area (Å²) < 4.78 is 4.92. The molecule has 2 heterocycles. The molecule has 0 spiro atoms. The molecule has 5 heteroatoms. The lowest BCUT2D eigenvalue weighted by Crippen LogP contribution is -2.48. The van der Waals surface area contributed by atoms with Crippen LogP contribution in [-0.2, 0) is 17.8 Å². The van der Waals surface area contributed by atoms with Crippen LogP contribution in [0.4, 0.5) is 0 Å². The monoisotopic (exact) mass is 299 g/mol. The Hall–Kier alpha value is -2.14. The van der Waals surface area contributed by atoms with Crippen molar-refractivity contribution in [1.29, 1.82) is 0 Å². The van der Waals surface area contributed by atoms with Gasteiger partial charge in [0, 0.05) is 45.6 Å². The molecule has 1 fully saturated rings. The van der Waals surface area contributed by atoms with Gasteiger partial charge in [0.1, 0.15) is 6.26 Å². The molecule has 116 valence electrons. The summed E-state index contributed by atoms with van der Waals surface area (Å²) in [6.45, 7) is 4.45. The van der Waals surface area contributed by atoms with Gasteiger partial charge in [0.25, 0.3) is 0 Å². The number of rotatable bonds is 5. The second-order valence-electron chi connectivity index (χ2n) is 5.62. The molecule has 22 heavy (non-hydrogen) atoms. The molecule has 1 amide bonds. The van der Waals surface area contributed by atoms with Crippen molar-refractivity contribution in [3.05, 3.63) is 54.2 Å². The standard InChI is InChI=1S/C17H21N3O2/c21-17(7-6-16-13-22-14-18-16)20-10-8-19(9-11-20)12-15-4-2-1-3-5-15/h1-5,13-14H,6-12H2. The normalized spacial score (nSPS) is 15.9. The summed E-state index contributed by atoms with van der Waals surface area (Å²) in [5, 5.41) is 0. The number of carbonyl (C=O) groups is 1. The summed E-state index contributed by atoms with van der Waals surface area (Å²) in [6, 6.07) is 10.5. The molecule has 0 N–H and O–H groups in total. The second kappa shape index (κ2) is 7.22. The first kappa shape index (κ1) is 14.8. The van der Waals surface area contributed by atoms with E-state index in [2.05, 4.69) is 34.1 Å². The molecule has 0 saturated carbocycles. The Morgan fingerprint density at radius 2 is 1.91 bits per heavy atom. The van der Waals surface area contributed by atoms with Crippen LogP contribution in [0.1, 0.15) is 17.7 Å². The van der Waals surface area contributed by atoms with Crippen molar-refractivity contribution in [3.8, 4) is 0 Å². The minimum atomic E-state index is 0.211. The molecular weight excluding hydrogens is 278 g/mol. The maximum absolute atomic E-state index is 12.2.